The van der Waals surface area contributed by atoms with Crippen molar-refractivity contribution in [3.63, 3.8) is 0 Å². The molecule has 5 aromatic rings. The Kier molecular flexibility index (Phi) is 16.2. The standard InChI is InChI=1S/2C9H8N2O2.C6H7N3O2.C3H6O.2ClH.Zn.H2/c1-6-4-7-2-3-8(11(12)13)5-9(7)10-6;1-6-5-7-8(10-6)3-2-4-9(7)11(12)13;7-8-5-2-1-3-6(4-5)9(10)11;1-3(2)4;;;;/h2*2-5,10H,1H3;1-4,8H,7H2;1-2H3;2*1H;;1H/q;;;;;;+2;/p-2/i;;;;;;;1+1. The van der Waals surface area contributed by atoms with Crippen molar-refractivity contribution < 1.29 is 36.1 Å². The van der Waals surface area contributed by atoms with Gasteiger partial charge in [-0.3, -0.25) is 36.2 Å². The average Bonchev–Trinajstić information content (AvgIpc) is 3.53. The fraction of sp³-hybridized carbons (Fsp3) is 0.148. The summed E-state index contributed by atoms with van der Waals surface area (Å²) < 4.78 is 0. The van der Waals surface area contributed by atoms with Crippen LogP contribution in [0.3, 0.4) is 0 Å². The number of nitro groups is 3. The number of aromatic nitrogens is 2. The fourth-order valence-corrected chi connectivity index (χ4v) is 3.52. The van der Waals surface area contributed by atoms with Gasteiger partial charge in [0.15, 0.2) is 0 Å². The Labute approximate surface area is 268 Å². The minimum atomic E-state index is -0.931. The number of anilines is 1. The molecule has 3 aromatic carbocycles. The second-order valence-electron chi connectivity index (χ2n) is 8.89. The number of nitrogens with zero attached hydrogens (tertiary/aromatic N) is 3. The van der Waals surface area contributed by atoms with Crippen LogP contribution in [0.2, 0.25) is 0 Å². The Morgan fingerprint density at radius 3 is 1.86 bits per heavy atom. The third kappa shape index (κ3) is 12.8. The van der Waals surface area contributed by atoms with Gasteiger partial charge < -0.3 is 20.2 Å². The number of hydrogen-bond donors (Lipinski definition) is 4. The van der Waals surface area contributed by atoms with E-state index in [0.717, 1.165) is 27.8 Å². The molecule has 5 N–H and O–H groups in total. The summed E-state index contributed by atoms with van der Waals surface area (Å²) in [5.41, 5.74) is 6.72. The van der Waals surface area contributed by atoms with Crippen molar-refractivity contribution >= 4 is 69.7 Å². The van der Waals surface area contributed by atoms with Crippen LogP contribution in [0.25, 0.3) is 21.8 Å². The van der Waals surface area contributed by atoms with Gasteiger partial charge >= 0.3 is 34.5 Å². The number of hydrogen-bond acceptors (Lipinski definition) is 9. The van der Waals surface area contributed by atoms with E-state index in [0.29, 0.717) is 11.1 Å². The first-order valence-electron chi connectivity index (χ1n) is 12.5. The van der Waals surface area contributed by atoms with Crippen molar-refractivity contribution in [2.45, 2.75) is 27.7 Å². The van der Waals surface area contributed by atoms with E-state index >= 15 is 0 Å². The maximum atomic E-state index is 10.6. The Morgan fingerprint density at radius 1 is 0.795 bits per heavy atom. The molecule has 232 valence electrons. The molecule has 0 saturated carbocycles. The predicted molar refractivity (Wildman–Crippen MR) is 170 cm³/mol. The number of Topliss-reactive ketones (excluding diaryl/α,β-unsaturated/α-hetero) is 1. The predicted octanol–water partition coefficient (Wildman–Crippen LogP) is 7.87. The normalized spacial score (nSPS) is 9.34. The summed E-state index contributed by atoms with van der Waals surface area (Å²) in [6.45, 7) is 6.86. The van der Waals surface area contributed by atoms with Crippen molar-refractivity contribution in [1.29, 1.82) is 0 Å². The second kappa shape index (κ2) is 19.0. The van der Waals surface area contributed by atoms with Crippen LogP contribution >= 0.6 is 19.4 Å². The van der Waals surface area contributed by atoms with Crippen LogP contribution in [0.1, 0.15) is 26.7 Å². The number of nitro benzene ring substituents is 3. The van der Waals surface area contributed by atoms with Gasteiger partial charge in [0.1, 0.15) is 5.78 Å². The first-order chi connectivity index (χ1) is 20.7. The molecule has 0 spiro atoms. The first-order valence-corrected chi connectivity index (χ1v) is 20.3. The zero-order chi connectivity index (χ0) is 33.4. The molecule has 0 amide bonds. The van der Waals surface area contributed by atoms with E-state index in [9.17, 15) is 35.1 Å². The van der Waals surface area contributed by atoms with Gasteiger partial charge in [0.2, 0.25) is 0 Å². The number of H-pyrrole nitrogens is 2. The third-order valence-electron chi connectivity index (χ3n) is 5.15. The van der Waals surface area contributed by atoms with Crippen molar-refractivity contribution in [3.05, 3.63) is 115 Å². The zero-order valence-electron chi connectivity index (χ0n) is 24.2. The number of hydrazine groups is 1. The van der Waals surface area contributed by atoms with Gasteiger partial charge in [-0.2, -0.15) is 0 Å². The van der Waals surface area contributed by atoms with Gasteiger partial charge in [0.05, 0.1) is 36.9 Å². The van der Waals surface area contributed by atoms with Gasteiger partial charge in [-0.15, -0.1) is 0 Å². The van der Waals surface area contributed by atoms with E-state index in [1.165, 1.54) is 38.1 Å². The molecule has 44 heavy (non-hydrogen) atoms. The molecule has 2 heterocycles. The number of aromatic amines is 2. The molecule has 0 aliphatic carbocycles. The summed E-state index contributed by atoms with van der Waals surface area (Å²) in [4.78, 5) is 45.6. The van der Waals surface area contributed by atoms with Crippen molar-refractivity contribution in [3.8, 4) is 0 Å². The van der Waals surface area contributed by atoms with Gasteiger partial charge in [-0.25, -0.2) is 0 Å². The molecule has 0 saturated heterocycles. The number of carbonyl (C=O) groups is 1. The number of ketones is 1. The Hall–Kier alpha value is -4.43. The molecule has 0 radical (unpaired) electrons. The van der Waals surface area contributed by atoms with Gasteiger partial charge in [-0.05, 0) is 58.0 Å². The summed E-state index contributed by atoms with van der Waals surface area (Å²) in [6, 6.07) is 19.5. The van der Waals surface area contributed by atoms with Crippen LogP contribution in [0.5, 0.6) is 0 Å². The summed E-state index contributed by atoms with van der Waals surface area (Å²) >= 11 is -0.931. The van der Waals surface area contributed by atoms with E-state index in [2.05, 4.69) is 15.4 Å². The molecule has 17 heteroatoms. The number of rotatable bonds is 4. The zero-order valence-corrected chi connectivity index (χ0v) is 28.6. The number of nitrogen functional groups attached to an aromatic ring is 1. The van der Waals surface area contributed by atoms with Gasteiger partial charge in [0.25, 0.3) is 17.1 Å². The van der Waals surface area contributed by atoms with Gasteiger partial charge in [0, 0.05) is 48.5 Å². The van der Waals surface area contributed by atoms with Crippen molar-refractivity contribution in [2.75, 3.05) is 5.43 Å². The molecular weight excluding hydrogens is 671 g/mol. The second-order valence-corrected chi connectivity index (χ2v) is 13.5. The average molecular weight is 703 g/mol. The molecule has 0 aliphatic rings. The maximum absolute atomic E-state index is 10.6. The first kappa shape index (κ1) is 37.6. The van der Waals surface area contributed by atoms with Crippen LogP contribution in [0, 0.1) is 44.2 Å². The van der Waals surface area contributed by atoms with E-state index in [1.807, 2.05) is 26.0 Å². The number of aryl methyl sites for hydroxylation is 2. The van der Waals surface area contributed by atoms with Gasteiger partial charge in [-0.1, -0.05) is 12.1 Å². The Bertz CT molecular complexity index is 1730. The summed E-state index contributed by atoms with van der Waals surface area (Å²) in [7, 11) is 9.90. The Morgan fingerprint density at radius 2 is 1.32 bits per heavy atom. The van der Waals surface area contributed by atoms with Crippen LogP contribution in [-0.2, 0) is 19.9 Å². The topological polar surface area (TPSA) is 216 Å². The number of carbonyl (C=O) groups excluding carboxylic acids is 1. The number of fused-ring (bicyclic) bond motifs is 2. The number of non-ortho nitro benzene ring substituents is 3. The van der Waals surface area contributed by atoms with Crippen LogP contribution in [-0.4, -0.2) is 30.5 Å². The number of benzene rings is 3. The molecule has 2 aromatic heterocycles. The van der Waals surface area contributed by atoms with E-state index in [1.54, 1.807) is 36.4 Å². The molecule has 5 rings (SSSR count). The molecule has 0 unspecified atom stereocenters. The van der Waals surface area contributed by atoms with Crippen LogP contribution in [0.4, 0.5) is 22.7 Å². The number of nitrogens with one attached hydrogen (secondary N) is 3. The summed E-state index contributed by atoms with van der Waals surface area (Å²) in [6.07, 6.45) is 0. The Balaban J connectivity index is 0.000000581. The number of halogens is 2. The van der Waals surface area contributed by atoms with E-state index < -0.39 is 25.0 Å². The monoisotopic (exact) mass is 700 g/mol. The van der Waals surface area contributed by atoms with Crippen molar-refractivity contribution in [1.82, 2.24) is 9.97 Å². The van der Waals surface area contributed by atoms with Crippen LogP contribution < -0.4 is 11.3 Å². The SMILES string of the molecule is CC(C)=O.Cc1cc2c([N+](=O)[O-])cccc2[nH]1.Cc1cc2ccc([N+](=O)[O-])cc2[nH]1.NNc1cccc([N+](=O)[O-])c1.[2HH].[Cl][Zn][Cl]. The minimum absolute atomic E-state index is 0. The van der Waals surface area contributed by atoms with E-state index in [4.69, 9.17) is 25.2 Å². The fourth-order valence-electron chi connectivity index (χ4n) is 3.52. The summed E-state index contributed by atoms with van der Waals surface area (Å²) in [5.74, 6) is 5.21. The van der Waals surface area contributed by atoms with E-state index in [-0.39, 0.29) is 29.2 Å². The molecule has 14 nitrogen and oxygen atoms in total. The molecule has 0 bridgehead atoms. The number of nitrogens with two attached hydrogens (primary N) is 1. The molecule has 0 atom stereocenters. The third-order valence-corrected chi connectivity index (χ3v) is 5.15. The van der Waals surface area contributed by atoms with Crippen LogP contribution in [0.15, 0.2) is 72.8 Å². The van der Waals surface area contributed by atoms with Crippen molar-refractivity contribution in [2.24, 2.45) is 5.84 Å². The molecule has 0 aliphatic heterocycles. The quantitative estimate of drug-likeness (QED) is 0.0619. The molecule has 0 fully saturated rings. The molecular formula is C27H31Cl2N7O7Zn. The summed E-state index contributed by atoms with van der Waals surface area (Å²) in [5, 5.41) is 32.9.